The average Bonchev–Trinajstić information content (AvgIpc) is 2.25. The lowest BCUT2D eigenvalue weighted by molar-refractivity contribution is 0.0701. The van der Waals surface area contributed by atoms with Gasteiger partial charge in [0.15, 0.2) is 0 Å². The maximum Gasteiger partial charge on any atom is 0.119 e. The van der Waals surface area contributed by atoms with Crippen LogP contribution >= 0.6 is 0 Å². The Kier molecular flexibility index (Phi) is 5.01. The van der Waals surface area contributed by atoms with E-state index in [0.717, 1.165) is 5.75 Å². The first kappa shape index (κ1) is 14.0. The molecule has 1 unspecified atom stereocenters. The highest BCUT2D eigenvalue weighted by molar-refractivity contribution is 5.36. The minimum Gasteiger partial charge on any atom is -0.491 e. The van der Waals surface area contributed by atoms with Crippen LogP contribution in [0.1, 0.15) is 44.7 Å². The molecule has 1 N–H and O–H groups in total. The Morgan fingerprint density at radius 3 is 2.29 bits per heavy atom. The molecule has 96 valence electrons. The summed E-state index contributed by atoms with van der Waals surface area (Å²) >= 11 is 0. The van der Waals surface area contributed by atoms with Gasteiger partial charge in [0.2, 0.25) is 0 Å². The molecule has 0 aliphatic rings. The summed E-state index contributed by atoms with van der Waals surface area (Å²) in [6.45, 7) is 10.8. The number of aliphatic hydroxyl groups is 1. The summed E-state index contributed by atoms with van der Waals surface area (Å²) in [6.07, 6.45) is -0.403. The molecule has 0 amide bonds. The third kappa shape index (κ3) is 4.04. The highest BCUT2D eigenvalue weighted by Gasteiger charge is 2.10. The van der Waals surface area contributed by atoms with Crippen LogP contribution in [-0.2, 0) is 0 Å². The van der Waals surface area contributed by atoms with E-state index in [4.69, 9.17) is 4.74 Å². The lowest BCUT2D eigenvalue weighted by Crippen LogP contribution is -2.23. The van der Waals surface area contributed by atoms with Crippen LogP contribution in [0.3, 0.4) is 0 Å². The summed E-state index contributed by atoms with van der Waals surface area (Å²) in [6, 6.07) is 6.13. The van der Waals surface area contributed by atoms with Crippen LogP contribution in [0.15, 0.2) is 18.2 Å². The normalized spacial score (nSPS) is 13.2. The Morgan fingerprint density at radius 1 is 1.18 bits per heavy atom. The van der Waals surface area contributed by atoms with Crippen molar-refractivity contribution in [2.75, 3.05) is 6.61 Å². The van der Waals surface area contributed by atoms with Crippen molar-refractivity contribution in [2.24, 2.45) is 5.92 Å². The third-order valence-electron chi connectivity index (χ3n) is 3.05. The first-order valence-electron chi connectivity index (χ1n) is 6.33. The summed E-state index contributed by atoms with van der Waals surface area (Å²) < 4.78 is 5.59. The van der Waals surface area contributed by atoms with Crippen molar-refractivity contribution in [2.45, 2.75) is 46.6 Å². The third-order valence-corrected chi connectivity index (χ3v) is 3.05. The molecule has 0 spiro atoms. The summed E-state index contributed by atoms with van der Waals surface area (Å²) in [5, 5.41) is 9.67. The lowest BCUT2D eigenvalue weighted by Gasteiger charge is -2.16. The Bertz CT molecular complexity index is 356. The van der Waals surface area contributed by atoms with Crippen molar-refractivity contribution >= 4 is 0 Å². The number of ether oxygens (including phenoxy) is 1. The van der Waals surface area contributed by atoms with Gasteiger partial charge < -0.3 is 9.84 Å². The predicted molar refractivity (Wildman–Crippen MR) is 71.6 cm³/mol. The largest absolute Gasteiger partial charge is 0.491 e. The van der Waals surface area contributed by atoms with Gasteiger partial charge in [-0.3, -0.25) is 0 Å². The van der Waals surface area contributed by atoms with Crippen molar-refractivity contribution in [3.05, 3.63) is 29.3 Å². The van der Waals surface area contributed by atoms with Gasteiger partial charge in [-0.15, -0.1) is 0 Å². The highest BCUT2D eigenvalue weighted by Crippen LogP contribution is 2.23. The van der Waals surface area contributed by atoms with E-state index in [0.29, 0.717) is 12.5 Å². The first-order chi connectivity index (χ1) is 7.91. The topological polar surface area (TPSA) is 29.5 Å². The second-order valence-corrected chi connectivity index (χ2v) is 5.30. The van der Waals surface area contributed by atoms with Crippen molar-refractivity contribution in [3.63, 3.8) is 0 Å². The van der Waals surface area contributed by atoms with Crippen LogP contribution in [-0.4, -0.2) is 17.8 Å². The monoisotopic (exact) mass is 236 g/mol. The molecule has 1 rings (SSSR count). The molecule has 0 saturated carbocycles. The zero-order valence-corrected chi connectivity index (χ0v) is 11.5. The summed E-state index contributed by atoms with van der Waals surface area (Å²) in [4.78, 5) is 0. The van der Waals surface area contributed by atoms with E-state index in [2.05, 4.69) is 26.8 Å². The summed E-state index contributed by atoms with van der Waals surface area (Å²) in [7, 11) is 0. The lowest BCUT2D eigenvalue weighted by atomic mass is 9.98. The van der Waals surface area contributed by atoms with Crippen LogP contribution < -0.4 is 4.74 Å². The van der Waals surface area contributed by atoms with Crippen LogP contribution in [0.4, 0.5) is 0 Å². The molecule has 0 radical (unpaired) electrons. The SMILES string of the molecule is Cc1cc(OCC(O)C(C)C)ccc1C(C)C. The standard InChI is InChI=1S/C15H24O2/c1-10(2)14-7-6-13(8-12(14)5)17-9-15(16)11(3)4/h6-8,10-11,15-16H,9H2,1-5H3. The smallest absolute Gasteiger partial charge is 0.119 e. The van der Waals surface area contributed by atoms with Crippen molar-refractivity contribution in [1.82, 2.24) is 0 Å². The molecule has 1 aromatic carbocycles. The van der Waals surface area contributed by atoms with E-state index < -0.39 is 6.10 Å². The van der Waals surface area contributed by atoms with Gasteiger partial charge in [-0.05, 0) is 42.0 Å². The molecule has 0 aliphatic heterocycles. The quantitative estimate of drug-likeness (QED) is 0.847. The van der Waals surface area contributed by atoms with E-state index >= 15 is 0 Å². The van der Waals surface area contributed by atoms with Gasteiger partial charge in [-0.25, -0.2) is 0 Å². The first-order valence-corrected chi connectivity index (χ1v) is 6.33. The van der Waals surface area contributed by atoms with Crippen LogP contribution in [0.25, 0.3) is 0 Å². The van der Waals surface area contributed by atoms with E-state index in [9.17, 15) is 5.11 Å². The van der Waals surface area contributed by atoms with Gasteiger partial charge in [0.05, 0.1) is 6.10 Å². The molecule has 2 nitrogen and oxygen atoms in total. The number of hydrogen-bond donors (Lipinski definition) is 1. The maximum atomic E-state index is 9.67. The van der Waals surface area contributed by atoms with Gasteiger partial charge in [-0.2, -0.15) is 0 Å². The van der Waals surface area contributed by atoms with Gasteiger partial charge in [0, 0.05) is 0 Å². The molecule has 0 aliphatic carbocycles. The molecular weight excluding hydrogens is 212 g/mol. The second kappa shape index (κ2) is 6.06. The molecule has 0 heterocycles. The molecule has 1 aromatic rings. The minimum atomic E-state index is -0.403. The molecule has 1 atom stereocenters. The van der Waals surface area contributed by atoms with E-state index in [1.165, 1.54) is 11.1 Å². The predicted octanol–water partition coefficient (Wildman–Crippen LogP) is 3.51. The number of benzene rings is 1. The fourth-order valence-corrected chi connectivity index (χ4v) is 1.76. The average molecular weight is 236 g/mol. The van der Waals surface area contributed by atoms with Gasteiger partial charge in [-0.1, -0.05) is 33.8 Å². The maximum absolute atomic E-state index is 9.67. The molecular formula is C15H24O2. The van der Waals surface area contributed by atoms with Crippen LogP contribution in [0.5, 0.6) is 5.75 Å². The Balaban J connectivity index is 2.65. The number of aryl methyl sites for hydroxylation is 1. The van der Waals surface area contributed by atoms with Crippen molar-refractivity contribution in [1.29, 1.82) is 0 Å². The Hall–Kier alpha value is -1.02. The van der Waals surface area contributed by atoms with Gasteiger partial charge in [0.1, 0.15) is 12.4 Å². The zero-order chi connectivity index (χ0) is 13.0. The Labute approximate surface area is 105 Å². The van der Waals surface area contributed by atoms with Gasteiger partial charge >= 0.3 is 0 Å². The second-order valence-electron chi connectivity index (χ2n) is 5.30. The number of hydrogen-bond acceptors (Lipinski definition) is 2. The summed E-state index contributed by atoms with van der Waals surface area (Å²) in [5.41, 5.74) is 2.60. The molecule has 0 bridgehead atoms. The van der Waals surface area contributed by atoms with E-state index in [1.54, 1.807) is 0 Å². The zero-order valence-electron chi connectivity index (χ0n) is 11.5. The van der Waals surface area contributed by atoms with Crippen LogP contribution in [0, 0.1) is 12.8 Å². The van der Waals surface area contributed by atoms with Crippen LogP contribution in [0.2, 0.25) is 0 Å². The van der Waals surface area contributed by atoms with Crippen molar-refractivity contribution < 1.29 is 9.84 Å². The molecule has 0 saturated heterocycles. The Morgan fingerprint density at radius 2 is 1.82 bits per heavy atom. The number of rotatable bonds is 5. The van der Waals surface area contributed by atoms with E-state index in [1.807, 2.05) is 26.0 Å². The molecule has 17 heavy (non-hydrogen) atoms. The highest BCUT2D eigenvalue weighted by atomic mass is 16.5. The molecule has 0 fully saturated rings. The van der Waals surface area contributed by atoms with Gasteiger partial charge in [0.25, 0.3) is 0 Å². The molecule has 0 aromatic heterocycles. The fourth-order valence-electron chi connectivity index (χ4n) is 1.76. The fraction of sp³-hybridized carbons (Fsp3) is 0.600. The van der Waals surface area contributed by atoms with Crippen molar-refractivity contribution in [3.8, 4) is 5.75 Å². The summed E-state index contributed by atoms with van der Waals surface area (Å²) in [5.74, 6) is 1.60. The number of aliphatic hydroxyl groups excluding tert-OH is 1. The minimum absolute atomic E-state index is 0.228. The molecule has 2 heteroatoms. The van der Waals surface area contributed by atoms with E-state index in [-0.39, 0.29) is 5.92 Å².